The highest BCUT2D eigenvalue weighted by Gasteiger charge is 2.12. The van der Waals surface area contributed by atoms with Crippen LogP contribution < -0.4 is 5.32 Å². The van der Waals surface area contributed by atoms with Gasteiger partial charge in [-0.1, -0.05) is 49.4 Å². The minimum atomic E-state index is -0.130. The van der Waals surface area contributed by atoms with Crippen LogP contribution in [-0.2, 0) is 12.8 Å². The molecule has 0 heterocycles. The van der Waals surface area contributed by atoms with Gasteiger partial charge in [0.25, 0.3) is 0 Å². The molecule has 0 saturated heterocycles. The van der Waals surface area contributed by atoms with Gasteiger partial charge < -0.3 is 5.32 Å². The number of aryl methyl sites for hydroxylation is 1. The molecule has 0 bridgehead atoms. The quantitative estimate of drug-likeness (QED) is 0.857. The largest absolute Gasteiger partial charge is 0.313 e. The molecule has 1 unspecified atom stereocenters. The zero-order valence-corrected chi connectivity index (χ0v) is 11.5. The van der Waals surface area contributed by atoms with Crippen molar-refractivity contribution in [3.05, 3.63) is 71.0 Å². The molecule has 0 aliphatic carbocycles. The summed E-state index contributed by atoms with van der Waals surface area (Å²) in [6.07, 6.45) is 1.68. The number of hydrogen-bond donors (Lipinski definition) is 1. The van der Waals surface area contributed by atoms with Crippen molar-refractivity contribution in [3.8, 4) is 0 Å². The first-order valence-electron chi connectivity index (χ1n) is 6.74. The zero-order chi connectivity index (χ0) is 13.7. The third-order valence-corrected chi connectivity index (χ3v) is 3.49. The van der Waals surface area contributed by atoms with Crippen molar-refractivity contribution in [1.29, 1.82) is 0 Å². The predicted molar refractivity (Wildman–Crippen MR) is 77.7 cm³/mol. The zero-order valence-electron chi connectivity index (χ0n) is 11.5. The SMILES string of the molecule is CCc1cccc(C(Cc2ccccc2F)NC)c1. The van der Waals surface area contributed by atoms with Crippen molar-refractivity contribution < 1.29 is 4.39 Å². The van der Waals surface area contributed by atoms with E-state index in [4.69, 9.17) is 0 Å². The lowest BCUT2D eigenvalue weighted by molar-refractivity contribution is 0.554. The van der Waals surface area contributed by atoms with E-state index in [0.29, 0.717) is 6.42 Å². The van der Waals surface area contributed by atoms with Crippen LogP contribution in [0, 0.1) is 5.82 Å². The Kier molecular flexibility index (Phi) is 4.69. The molecule has 0 fully saturated rings. The van der Waals surface area contributed by atoms with Crippen LogP contribution in [0.15, 0.2) is 48.5 Å². The highest BCUT2D eigenvalue weighted by atomic mass is 19.1. The van der Waals surface area contributed by atoms with E-state index in [1.807, 2.05) is 19.2 Å². The van der Waals surface area contributed by atoms with Gasteiger partial charge in [-0.15, -0.1) is 0 Å². The molecule has 0 aliphatic heterocycles. The first kappa shape index (κ1) is 13.8. The van der Waals surface area contributed by atoms with Crippen molar-refractivity contribution in [2.45, 2.75) is 25.8 Å². The molecule has 0 aromatic heterocycles. The maximum atomic E-state index is 13.7. The first-order chi connectivity index (χ1) is 9.24. The highest BCUT2D eigenvalue weighted by molar-refractivity contribution is 5.28. The Morgan fingerprint density at radius 1 is 1.11 bits per heavy atom. The average Bonchev–Trinajstić information content (AvgIpc) is 2.46. The molecule has 1 atom stereocenters. The Hall–Kier alpha value is -1.67. The summed E-state index contributed by atoms with van der Waals surface area (Å²) in [6, 6.07) is 15.6. The van der Waals surface area contributed by atoms with E-state index in [1.54, 1.807) is 6.07 Å². The molecule has 2 rings (SSSR count). The maximum absolute atomic E-state index is 13.7. The van der Waals surface area contributed by atoms with E-state index >= 15 is 0 Å². The standard InChI is InChI=1S/C17H20FN/c1-3-13-7-6-9-15(11-13)17(19-2)12-14-8-4-5-10-16(14)18/h4-11,17,19H,3,12H2,1-2H3. The summed E-state index contributed by atoms with van der Waals surface area (Å²) in [5.41, 5.74) is 3.28. The maximum Gasteiger partial charge on any atom is 0.126 e. The summed E-state index contributed by atoms with van der Waals surface area (Å²) in [5.74, 6) is -0.130. The van der Waals surface area contributed by atoms with Crippen molar-refractivity contribution in [2.75, 3.05) is 7.05 Å². The van der Waals surface area contributed by atoms with E-state index < -0.39 is 0 Å². The smallest absolute Gasteiger partial charge is 0.126 e. The van der Waals surface area contributed by atoms with Crippen LogP contribution in [0.5, 0.6) is 0 Å². The van der Waals surface area contributed by atoms with Crippen LogP contribution in [0.3, 0.4) is 0 Å². The average molecular weight is 257 g/mol. The van der Waals surface area contributed by atoms with Gasteiger partial charge in [-0.2, -0.15) is 0 Å². The van der Waals surface area contributed by atoms with E-state index in [-0.39, 0.29) is 11.9 Å². The molecule has 0 radical (unpaired) electrons. The minimum absolute atomic E-state index is 0.130. The lowest BCUT2D eigenvalue weighted by Gasteiger charge is -2.18. The third-order valence-electron chi connectivity index (χ3n) is 3.49. The molecular formula is C17H20FN. The van der Waals surface area contributed by atoms with Gasteiger partial charge in [0.15, 0.2) is 0 Å². The molecule has 19 heavy (non-hydrogen) atoms. The Balaban J connectivity index is 2.22. The Morgan fingerprint density at radius 2 is 1.89 bits per heavy atom. The molecule has 2 aromatic carbocycles. The van der Waals surface area contributed by atoms with Gasteiger partial charge in [0.05, 0.1) is 0 Å². The molecule has 2 heteroatoms. The normalized spacial score (nSPS) is 12.4. The molecule has 0 amide bonds. The Bertz CT molecular complexity index is 536. The fraction of sp³-hybridized carbons (Fsp3) is 0.294. The van der Waals surface area contributed by atoms with Gasteiger partial charge in [-0.3, -0.25) is 0 Å². The third kappa shape index (κ3) is 3.42. The number of benzene rings is 2. The number of hydrogen-bond acceptors (Lipinski definition) is 1. The van der Waals surface area contributed by atoms with Crippen LogP contribution in [-0.4, -0.2) is 7.05 Å². The minimum Gasteiger partial charge on any atom is -0.313 e. The van der Waals surface area contributed by atoms with Gasteiger partial charge in [0.1, 0.15) is 5.82 Å². The second-order valence-electron chi connectivity index (χ2n) is 4.74. The summed E-state index contributed by atoms with van der Waals surface area (Å²) in [7, 11) is 1.92. The second kappa shape index (κ2) is 6.48. The molecule has 0 aliphatic rings. The Morgan fingerprint density at radius 3 is 2.58 bits per heavy atom. The number of nitrogens with one attached hydrogen (secondary N) is 1. The molecule has 0 saturated carbocycles. The summed E-state index contributed by atoms with van der Waals surface area (Å²) < 4.78 is 13.7. The molecule has 1 nitrogen and oxygen atoms in total. The molecule has 100 valence electrons. The van der Waals surface area contributed by atoms with Gasteiger partial charge in [0, 0.05) is 6.04 Å². The fourth-order valence-corrected chi connectivity index (χ4v) is 2.30. The van der Waals surface area contributed by atoms with Crippen LogP contribution in [0.4, 0.5) is 4.39 Å². The molecule has 2 aromatic rings. The van der Waals surface area contributed by atoms with Gasteiger partial charge >= 0.3 is 0 Å². The topological polar surface area (TPSA) is 12.0 Å². The van der Waals surface area contributed by atoms with Crippen LogP contribution in [0.25, 0.3) is 0 Å². The summed E-state index contributed by atoms with van der Waals surface area (Å²) in [5, 5.41) is 3.28. The first-order valence-corrected chi connectivity index (χ1v) is 6.74. The molecular weight excluding hydrogens is 237 g/mol. The molecule has 0 spiro atoms. The van der Waals surface area contributed by atoms with E-state index in [0.717, 1.165) is 12.0 Å². The van der Waals surface area contributed by atoms with Crippen molar-refractivity contribution in [1.82, 2.24) is 5.32 Å². The van der Waals surface area contributed by atoms with Crippen molar-refractivity contribution in [2.24, 2.45) is 0 Å². The van der Waals surface area contributed by atoms with E-state index in [2.05, 4.69) is 36.5 Å². The van der Waals surface area contributed by atoms with E-state index in [1.165, 1.54) is 17.2 Å². The van der Waals surface area contributed by atoms with Crippen LogP contribution in [0.1, 0.15) is 29.7 Å². The fourth-order valence-electron chi connectivity index (χ4n) is 2.30. The Labute approximate surface area is 114 Å². The van der Waals surface area contributed by atoms with Gasteiger partial charge in [-0.05, 0) is 42.6 Å². The lowest BCUT2D eigenvalue weighted by Crippen LogP contribution is -2.19. The second-order valence-corrected chi connectivity index (χ2v) is 4.74. The number of likely N-dealkylation sites (N-methyl/N-ethyl adjacent to an activating group) is 1. The van der Waals surface area contributed by atoms with Gasteiger partial charge in [0.2, 0.25) is 0 Å². The lowest BCUT2D eigenvalue weighted by atomic mass is 9.97. The van der Waals surface area contributed by atoms with Crippen LogP contribution >= 0.6 is 0 Å². The van der Waals surface area contributed by atoms with Gasteiger partial charge in [-0.25, -0.2) is 4.39 Å². The number of halogens is 1. The summed E-state index contributed by atoms with van der Waals surface area (Å²) >= 11 is 0. The summed E-state index contributed by atoms with van der Waals surface area (Å²) in [4.78, 5) is 0. The summed E-state index contributed by atoms with van der Waals surface area (Å²) in [6.45, 7) is 2.14. The predicted octanol–water partition coefficient (Wildman–Crippen LogP) is 3.89. The highest BCUT2D eigenvalue weighted by Crippen LogP contribution is 2.21. The monoisotopic (exact) mass is 257 g/mol. The van der Waals surface area contributed by atoms with E-state index in [9.17, 15) is 4.39 Å². The number of rotatable bonds is 5. The van der Waals surface area contributed by atoms with Crippen molar-refractivity contribution >= 4 is 0 Å². The molecule has 1 N–H and O–H groups in total. The van der Waals surface area contributed by atoms with Crippen LogP contribution in [0.2, 0.25) is 0 Å². The van der Waals surface area contributed by atoms with Crippen molar-refractivity contribution in [3.63, 3.8) is 0 Å².